The average molecular weight is 125 g/mol. The summed E-state index contributed by atoms with van der Waals surface area (Å²) in [6.45, 7) is 3.70. The smallest absolute Gasteiger partial charge is 0.213 e. The molecule has 0 atom stereocenters. The number of aliphatic imine (C=N–C) groups is 1. The Labute approximate surface area is 54.1 Å². The SMILES string of the molecule is CCC1=C(O)N=CN[CH]1. The van der Waals surface area contributed by atoms with Gasteiger partial charge in [-0.2, -0.15) is 0 Å². The first-order valence-electron chi connectivity index (χ1n) is 2.88. The van der Waals surface area contributed by atoms with Crippen molar-refractivity contribution in [3.63, 3.8) is 0 Å². The van der Waals surface area contributed by atoms with Crippen molar-refractivity contribution >= 4 is 6.34 Å². The minimum absolute atomic E-state index is 0.122. The molecule has 0 aromatic heterocycles. The topological polar surface area (TPSA) is 44.6 Å². The molecule has 0 aromatic rings. The highest BCUT2D eigenvalue weighted by Crippen LogP contribution is 2.10. The van der Waals surface area contributed by atoms with Gasteiger partial charge >= 0.3 is 0 Å². The number of aliphatic hydroxyl groups excluding tert-OH is 1. The average Bonchev–Trinajstić information content (AvgIpc) is 1.89. The summed E-state index contributed by atoms with van der Waals surface area (Å²) in [7, 11) is 0. The van der Waals surface area contributed by atoms with Gasteiger partial charge in [0, 0.05) is 5.57 Å². The molecule has 0 saturated heterocycles. The molecule has 0 spiro atoms. The van der Waals surface area contributed by atoms with Crippen molar-refractivity contribution < 1.29 is 5.11 Å². The van der Waals surface area contributed by atoms with E-state index in [1.807, 2.05) is 6.92 Å². The fraction of sp³-hybridized carbons (Fsp3) is 0.333. The lowest BCUT2D eigenvalue weighted by molar-refractivity contribution is 0.396. The van der Waals surface area contributed by atoms with Crippen molar-refractivity contribution in [3.8, 4) is 0 Å². The normalized spacial score (nSPS) is 17.9. The zero-order valence-electron chi connectivity index (χ0n) is 5.26. The van der Waals surface area contributed by atoms with E-state index >= 15 is 0 Å². The minimum atomic E-state index is 0.122. The van der Waals surface area contributed by atoms with Crippen molar-refractivity contribution in [2.45, 2.75) is 13.3 Å². The van der Waals surface area contributed by atoms with Gasteiger partial charge in [-0.15, -0.1) is 0 Å². The Bertz CT molecular complexity index is 160. The number of nitrogens with zero attached hydrogens (tertiary/aromatic N) is 1. The van der Waals surface area contributed by atoms with Crippen LogP contribution in [0.5, 0.6) is 0 Å². The van der Waals surface area contributed by atoms with Gasteiger partial charge in [-0.3, -0.25) is 0 Å². The van der Waals surface area contributed by atoms with Crippen LogP contribution in [0.15, 0.2) is 16.4 Å². The Kier molecular flexibility index (Phi) is 1.72. The maximum absolute atomic E-state index is 8.98. The van der Waals surface area contributed by atoms with E-state index in [4.69, 9.17) is 5.11 Å². The van der Waals surface area contributed by atoms with E-state index in [0.29, 0.717) is 0 Å². The van der Waals surface area contributed by atoms with Crippen LogP contribution < -0.4 is 5.32 Å². The summed E-state index contributed by atoms with van der Waals surface area (Å²) in [4.78, 5) is 3.65. The molecule has 49 valence electrons. The Morgan fingerprint density at radius 1 is 1.78 bits per heavy atom. The van der Waals surface area contributed by atoms with Crippen LogP contribution in [-0.2, 0) is 0 Å². The Morgan fingerprint density at radius 2 is 2.56 bits per heavy atom. The van der Waals surface area contributed by atoms with Crippen molar-refractivity contribution in [2.75, 3.05) is 0 Å². The minimum Gasteiger partial charge on any atom is -0.493 e. The third kappa shape index (κ3) is 1.22. The van der Waals surface area contributed by atoms with Crippen molar-refractivity contribution in [1.82, 2.24) is 5.32 Å². The second-order valence-electron chi connectivity index (χ2n) is 1.77. The van der Waals surface area contributed by atoms with E-state index in [9.17, 15) is 0 Å². The summed E-state index contributed by atoms with van der Waals surface area (Å²) in [5.41, 5.74) is 0.845. The Balaban J connectivity index is 2.72. The van der Waals surface area contributed by atoms with Gasteiger partial charge in [-0.1, -0.05) is 6.92 Å². The van der Waals surface area contributed by atoms with Crippen LogP contribution in [-0.4, -0.2) is 11.4 Å². The van der Waals surface area contributed by atoms with Crippen molar-refractivity contribution in [1.29, 1.82) is 0 Å². The highest BCUT2D eigenvalue weighted by atomic mass is 16.3. The first kappa shape index (κ1) is 6.13. The van der Waals surface area contributed by atoms with Crippen LogP contribution >= 0.6 is 0 Å². The van der Waals surface area contributed by atoms with Crippen LogP contribution in [0.4, 0.5) is 0 Å². The van der Waals surface area contributed by atoms with E-state index in [1.54, 1.807) is 6.54 Å². The monoisotopic (exact) mass is 125 g/mol. The van der Waals surface area contributed by atoms with Gasteiger partial charge in [0.2, 0.25) is 5.88 Å². The fourth-order valence-corrected chi connectivity index (χ4v) is 0.644. The second kappa shape index (κ2) is 2.53. The molecule has 0 bridgehead atoms. The third-order valence-electron chi connectivity index (χ3n) is 1.19. The predicted octanol–water partition coefficient (Wildman–Crippen LogP) is 0.959. The van der Waals surface area contributed by atoms with Crippen molar-refractivity contribution in [2.24, 2.45) is 4.99 Å². The summed E-state index contributed by atoms with van der Waals surface area (Å²) in [5, 5.41) is 11.8. The quantitative estimate of drug-likeness (QED) is 0.548. The summed E-state index contributed by atoms with van der Waals surface area (Å²) in [6.07, 6.45) is 2.25. The van der Waals surface area contributed by atoms with Gasteiger partial charge in [0.05, 0.1) is 12.9 Å². The molecule has 3 heteroatoms. The number of hydrogen-bond donors (Lipinski definition) is 2. The second-order valence-corrected chi connectivity index (χ2v) is 1.77. The van der Waals surface area contributed by atoms with E-state index in [-0.39, 0.29) is 5.88 Å². The third-order valence-corrected chi connectivity index (χ3v) is 1.19. The first-order chi connectivity index (χ1) is 4.34. The highest BCUT2D eigenvalue weighted by molar-refractivity contribution is 5.60. The molecule has 3 nitrogen and oxygen atoms in total. The summed E-state index contributed by atoms with van der Waals surface area (Å²) in [6, 6.07) is 0. The zero-order valence-corrected chi connectivity index (χ0v) is 5.26. The molecule has 0 unspecified atom stereocenters. The summed E-state index contributed by atoms with van der Waals surface area (Å²) in [5.74, 6) is 0.122. The standard InChI is InChI=1S/C6H9N2O/c1-2-5-3-7-4-8-6(5)9/h3-4,9H,2H2,1H3,(H,7,8). The molecule has 0 fully saturated rings. The molecule has 0 saturated carbocycles. The summed E-state index contributed by atoms with van der Waals surface area (Å²) >= 11 is 0. The number of rotatable bonds is 1. The molecule has 9 heavy (non-hydrogen) atoms. The maximum atomic E-state index is 8.98. The van der Waals surface area contributed by atoms with E-state index in [2.05, 4.69) is 10.3 Å². The number of aliphatic hydroxyl groups is 1. The maximum Gasteiger partial charge on any atom is 0.213 e. The van der Waals surface area contributed by atoms with Crippen LogP contribution in [0, 0.1) is 6.54 Å². The molecule has 1 aliphatic heterocycles. The van der Waals surface area contributed by atoms with Crippen molar-refractivity contribution in [3.05, 3.63) is 18.0 Å². The van der Waals surface area contributed by atoms with Crippen LogP contribution in [0.2, 0.25) is 0 Å². The lowest BCUT2D eigenvalue weighted by Gasteiger charge is -2.08. The number of hydrogen-bond acceptors (Lipinski definition) is 3. The molecule has 0 aliphatic carbocycles. The van der Waals surface area contributed by atoms with Crippen LogP contribution in [0.25, 0.3) is 0 Å². The van der Waals surface area contributed by atoms with Gasteiger partial charge in [0.15, 0.2) is 0 Å². The molecular formula is C6H9N2O. The molecule has 1 heterocycles. The van der Waals surface area contributed by atoms with Gasteiger partial charge in [0.1, 0.15) is 0 Å². The molecule has 1 radical (unpaired) electrons. The molecule has 1 rings (SSSR count). The summed E-state index contributed by atoms with van der Waals surface area (Å²) < 4.78 is 0. The Hall–Kier alpha value is -0.990. The number of nitrogens with one attached hydrogen (secondary N) is 1. The van der Waals surface area contributed by atoms with Gasteiger partial charge in [0.25, 0.3) is 0 Å². The fourth-order valence-electron chi connectivity index (χ4n) is 0.644. The van der Waals surface area contributed by atoms with E-state index in [1.165, 1.54) is 6.34 Å². The molecule has 0 aromatic carbocycles. The Morgan fingerprint density at radius 3 is 3.00 bits per heavy atom. The largest absolute Gasteiger partial charge is 0.493 e. The molecule has 0 amide bonds. The highest BCUT2D eigenvalue weighted by Gasteiger charge is 2.04. The first-order valence-corrected chi connectivity index (χ1v) is 2.88. The lowest BCUT2D eigenvalue weighted by Crippen LogP contribution is -2.14. The van der Waals surface area contributed by atoms with Gasteiger partial charge in [-0.05, 0) is 6.42 Å². The molecule has 2 N–H and O–H groups in total. The van der Waals surface area contributed by atoms with Crippen LogP contribution in [0.1, 0.15) is 13.3 Å². The van der Waals surface area contributed by atoms with Crippen LogP contribution in [0.3, 0.4) is 0 Å². The van der Waals surface area contributed by atoms with Gasteiger partial charge < -0.3 is 10.4 Å². The van der Waals surface area contributed by atoms with E-state index < -0.39 is 0 Å². The predicted molar refractivity (Wildman–Crippen MR) is 35.9 cm³/mol. The molecule has 1 aliphatic rings. The van der Waals surface area contributed by atoms with E-state index in [0.717, 1.165) is 12.0 Å². The zero-order chi connectivity index (χ0) is 6.69. The lowest BCUT2D eigenvalue weighted by atomic mass is 10.2. The molecular weight excluding hydrogens is 116 g/mol. The van der Waals surface area contributed by atoms with Gasteiger partial charge in [-0.25, -0.2) is 4.99 Å².